The molecule has 0 amide bonds. The van der Waals surface area contributed by atoms with Gasteiger partial charge < -0.3 is 5.32 Å². The second kappa shape index (κ2) is 6.51. The lowest BCUT2D eigenvalue weighted by molar-refractivity contribution is 0.436. The van der Waals surface area contributed by atoms with Crippen LogP contribution in [0.3, 0.4) is 0 Å². The Labute approximate surface area is 139 Å². The highest BCUT2D eigenvalue weighted by Crippen LogP contribution is 2.41. The summed E-state index contributed by atoms with van der Waals surface area (Å²) in [6.07, 6.45) is 2.32. The van der Waals surface area contributed by atoms with E-state index < -0.39 is 0 Å². The molecule has 0 radical (unpaired) electrons. The third-order valence-corrected chi connectivity index (χ3v) is 4.90. The zero-order chi connectivity index (χ0) is 14.8. The molecule has 0 heterocycles. The largest absolute Gasteiger partial charge is 0.310 e. The van der Waals surface area contributed by atoms with Gasteiger partial charge in [0.1, 0.15) is 0 Å². The molecule has 0 aliphatic heterocycles. The molecule has 0 fully saturated rings. The van der Waals surface area contributed by atoms with Crippen molar-refractivity contribution in [3.63, 3.8) is 0 Å². The van der Waals surface area contributed by atoms with E-state index in [2.05, 4.69) is 64.6 Å². The molecule has 21 heavy (non-hydrogen) atoms. The van der Waals surface area contributed by atoms with E-state index in [9.17, 15) is 0 Å². The summed E-state index contributed by atoms with van der Waals surface area (Å²) >= 11 is 9.75. The van der Waals surface area contributed by atoms with Crippen molar-refractivity contribution in [2.24, 2.45) is 0 Å². The lowest BCUT2D eigenvalue weighted by atomic mass is 9.74. The highest BCUT2D eigenvalue weighted by atomic mass is 79.9. The van der Waals surface area contributed by atoms with Gasteiger partial charge in [-0.25, -0.2) is 0 Å². The van der Waals surface area contributed by atoms with E-state index in [4.69, 9.17) is 11.6 Å². The summed E-state index contributed by atoms with van der Waals surface area (Å²) in [5.74, 6) is 0.656. The molecule has 2 aromatic carbocycles. The summed E-state index contributed by atoms with van der Waals surface area (Å²) in [6, 6.07) is 15.3. The van der Waals surface area contributed by atoms with Crippen LogP contribution < -0.4 is 5.32 Å². The number of fused-ring (bicyclic) bond motifs is 1. The minimum Gasteiger partial charge on any atom is -0.310 e. The molecule has 1 aliphatic rings. The van der Waals surface area contributed by atoms with Crippen LogP contribution in [0.1, 0.15) is 42.0 Å². The average Bonchev–Trinajstić information content (AvgIpc) is 2.42. The topological polar surface area (TPSA) is 12.0 Å². The van der Waals surface area contributed by atoms with E-state index >= 15 is 0 Å². The van der Waals surface area contributed by atoms with Crippen molar-refractivity contribution in [1.82, 2.24) is 5.32 Å². The second-order valence-electron chi connectivity index (χ2n) is 5.65. The molecule has 1 nitrogen and oxygen atoms in total. The first-order valence-electron chi connectivity index (χ1n) is 7.44. The van der Waals surface area contributed by atoms with Crippen molar-refractivity contribution in [2.45, 2.75) is 31.7 Å². The molecule has 0 bridgehead atoms. The van der Waals surface area contributed by atoms with Crippen LogP contribution in [0.2, 0.25) is 5.02 Å². The summed E-state index contributed by atoms with van der Waals surface area (Å²) in [5, 5.41) is 4.39. The van der Waals surface area contributed by atoms with Gasteiger partial charge in [0.15, 0.2) is 0 Å². The molecule has 1 aliphatic carbocycles. The maximum Gasteiger partial charge on any atom is 0.0420 e. The van der Waals surface area contributed by atoms with E-state index in [0.717, 1.165) is 22.5 Å². The van der Waals surface area contributed by atoms with Crippen LogP contribution in [-0.2, 0) is 6.42 Å². The molecule has 2 unspecified atom stereocenters. The van der Waals surface area contributed by atoms with Crippen molar-refractivity contribution in [2.75, 3.05) is 6.54 Å². The monoisotopic (exact) mass is 363 g/mol. The Morgan fingerprint density at radius 1 is 1.29 bits per heavy atom. The Kier molecular flexibility index (Phi) is 4.68. The molecular weight excluding hydrogens is 346 g/mol. The number of rotatable bonds is 5. The Morgan fingerprint density at radius 2 is 2.10 bits per heavy atom. The van der Waals surface area contributed by atoms with Crippen LogP contribution in [0.25, 0.3) is 0 Å². The van der Waals surface area contributed by atoms with Crippen molar-refractivity contribution >= 4 is 27.5 Å². The van der Waals surface area contributed by atoms with Gasteiger partial charge in [-0.15, -0.1) is 0 Å². The number of nitrogens with one attached hydrogen (secondary N) is 1. The third kappa shape index (κ3) is 3.33. The zero-order valence-electron chi connectivity index (χ0n) is 12.1. The van der Waals surface area contributed by atoms with Crippen LogP contribution >= 0.6 is 27.5 Å². The van der Waals surface area contributed by atoms with Crippen LogP contribution in [-0.4, -0.2) is 6.54 Å². The fourth-order valence-corrected chi connectivity index (χ4v) is 4.10. The normalized spacial score (nSPS) is 18.0. The number of hydrogen-bond acceptors (Lipinski definition) is 1. The van der Waals surface area contributed by atoms with Gasteiger partial charge in [-0.1, -0.05) is 58.7 Å². The van der Waals surface area contributed by atoms with Gasteiger partial charge in [0.05, 0.1) is 0 Å². The van der Waals surface area contributed by atoms with Crippen molar-refractivity contribution in [3.8, 4) is 0 Å². The SMILES string of the molecule is CCNC(CC1Cc2ccccc21)c1cc(Cl)cc(Br)c1. The fraction of sp³-hybridized carbons (Fsp3) is 0.333. The summed E-state index contributed by atoms with van der Waals surface area (Å²) in [4.78, 5) is 0. The van der Waals surface area contributed by atoms with Gasteiger partial charge in [0.2, 0.25) is 0 Å². The minimum absolute atomic E-state index is 0.350. The van der Waals surface area contributed by atoms with Gasteiger partial charge in [0, 0.05) is 15.5 Å². The van der Waals surface area contributed by atoms with Crippen LogP contribution in [0.5, 0.6) is 0 Å². The second-order valence-corrected chi connectivity index (χ2v) is 7.00. The molecule has 0 aromatic heterocycles. The molecule has 0 saturated carbocycles. The number of halogens is 2. The summed E-state index contributed by atoms with van der Waals surface area (Å²) in [7, 11) is 0. The molecule has 110 valence electrons. The lowest BCUT2D eigenvalue weighted by Crippen LogP contribution is -2.27. The number of benzene rings is 2. The van der Waals surface area contributed by atoms with Crippen molar-refractivity contribution in [1.29, 1.82) is 0 Å². The first-order chi connectivity index (χ1) is 10.2. The molecule has 0 spiro atoms. The first kappa shape index (κ1) is 15.1. The lowest BCUT2D eigenvalue weighted by Gasteiger charge is -2.33. The quantitative estimate of drug-likeness (QED) is 0.740. The minimum atomic E-state index is 0.350. The van der Waals surface area contributed by atoms with Gasteiger partial charge in [-0.3, -0.25) is 0 Å². The Morgan fingerprint density at radius 3 is 2.81 bits per heavy atom. The van der Waals surface area contributed by atoms with E-state index in [1.54, 1.807) is 0 Å². The molecule has 3 rings (SSSR count). The predicted molar refractivity (Wildman–Crippen MR) is 93.1 cm³/mol. The predicted octanol–water partition coefficient (Wildman–Crippen LogP) is 5.48. The molecule has 2 atom stereocenters. The molecule has 3 heteroatoms. The zero-order valence-corrected chi connectivity index (χ0v) is 14.4. The van der Waals surface area contributed by atoms with Crippen LogP contribution in [0, 0.1) is 0 Å². The molecule has 2 aromatic rings. The van der Waals surface area contributed by atoms with Gasteiger partial charge in [-0.2, -0.15) is 0 Å². The van der Waals surface area contributed by atoms with Crippen molar-refractivity contribution in [3.05, 3.63) is 68.7 Å². The Hall–Kier alpha value is -0.830. The maximum absolute atomic E-state index is 6.20. The fourth-order valence-electron chi connectivity index (χ4n) is 3.22. The maximum atomic E-state index is 6.20. The van der Waals surface area contributed by atoms with E-state index in [1.165, 1.54) is 23.1 Å². The van der Waals surface area contributed by atoms with Crippen LogP contribution in [0.4, 0.5) is 0 Å². The smallest absolute Gasteiger partial charge is 0.0420 e. The third-order valence-electron chi connectivity index (χ3n) is 4.22. The Bertz CT molecular complexity index is 621. The molecular formula is C18H19BrClN. The summed E-state index contributed by atoms with van der Waals surface area (Å²) in [5.41, 5.74) is 4.28. The molecule has 0 saturated heterocycles. The van der Waals surface area contributed by atoms with Crippen LogP contribution in [0.15, 0.2) is 46.9 Å². The number of hydrogen-bond donors (Lipinski definition) is 1. The average molecular weight is 365 g/mol. The highest BCUT2D eigenvalue weighted by Gasteiger charge is 2.28. The van der Waals surface area contributed by atoms with Gasteiger partial charge in [-0.05, 0) is 60.2 Å². The summed E-state index contributed by atoms with van der Waals surface area (Å²) < 4.78 is 1.04. The summed E-state index contributed by atoms with van der Waals surface area (Å²) in [6.45, 7) is 3.12. The first-order valence-corrected chi connectivity index (χ1v) is 8.61. The van der Waals surface area contributed by atoms with E-state index in [-0.39, 0.29) is 0 Å². The van der Waals surface area contributed by atoms with E-state index in [1.807, 2.05) is 6.07 Å². The van der Waals surface area contributed by atoms with Crippen molar-refractivity contribution < 1.29 is 0 Å². The Balaban J connectivity index is 1.80. The standard InChI is InChI=1S/C18H19BrClN/c1-2-21-18(14-8-15(19)11-16(20)9-14)10-13-7-12-5-3-4-6-17(12)13/h3-6,8-9,11,13,18,21H,2,7,10H2,1H3. The molecule has 1 N–H and O–H groups in total. The van der Waals surface area contributed by atoms with Gasteiger partial charge >= 0.3 is 0 Å². The van der Waals surface area contributed by atoms with E-state index in [0.29, 0.717) is 12.0 Å². The highest BCUT2D eigenvalue weighted by molar-refractivity contribution is 9.10. The van der Waals surface area contributed by atoms with Gasteiger partial charge in [0.25, 0.3) is 0 Å².